The molecule has 0 unspecified atom stereocenters. The molecule has 0 aliphatic heterocycles. The smallest absolute Gasteiger partial charge is 0.258 e. The van der Waals surface area contributed by atoms with E-state index in [9.17, 15) is 4.79 Å². The summed E-state index contributed by atoms with van der Waals surface area (Å²) < 4.78 is 0. The van der Waals surface area contributed by atoms with Gasteiger partial charge in [0.15, 0.2) is 0 Å². The molecule has 0 bridgehead atoms. The number of hydrogen-bond donors (Lipinski definition) is 2. The molecule has 20 heavy (non-hydrogen) atoms. The van der Waals surface area contributed by atoms with Gasteiger partial charge in [-0.05, 0) is 43.9 Å². The van der Waals surface area contributed by atoms with Gasteiger partial charge in [0.2, 0.25) is 0 Å². The second-order valence-electron chi connectivity index (χ2n) is 5.49. The van der Waals surface area contributed by atoms with Gasteiger partial charge in [0.25, 0.3) is 5.56 Å². The fourth-order valence-corrected chi connectivity index (χ4v) is 3.97. The van der Waals surface area contributed by atoms with Gasteiger partial charge in [-0.1, -0.05) is 12.1 Å². The van der Waals surface area contributed by atoms with Gasteiger partial charge in [-0.3, -0.25) is 4.79 Å². The van der Waals surface area contributed by atoms with Gasteiger partial charge < -0.3 is 10.7 Å². The molecule has 1 aliphatic rings. The SMILES string of the molecule is Cc1cccc2c(=O)[nH]c(CSC3CC(CN)C3)nc12. The number of aromatic amines is 1. The third-order valence-electron chi connectivity index (χ3n) is 3.97. The highest BCUT2D eigenvalue weighted by Crippen LogP contribution is 2.37. The molecule has 0 radical (unpaired) electrons. The van der Waals surface area contributed by atoms with Crippen LogP contribution in [0.3, 0.4) is 0 Å². The van der Waals surface area contributed by atoms with Crippen LogP contribution in [0.4, 0.5) is 0 Å². The van der Waals surface area contributed by atoms with E-state index in [-0.39, 0.29) is 5.56 Å². The van der Waals surface area contributed by atoms with Gasteiger partial charge >= 0.3 is 0 Å². The quantitative estimate of drug-likeness (QED) is 0.905. The van der Waals surface area contributed by atoms with Crippen molar-refractivity contribution in [2.75, 3.05) is 6.54 Å². The molecule has 5 heteroatoms. The Bertz CT molecular complexity index is 676. The van der Waals surface area contributed by atoms with Crippen molar-refractivity contribution in [3.8, 4) is 0 Å². The second kappa shape index (κ2) is 5.58. The van der Waals surface area contributed by atoms with E-state index in [1.54, 1.807) is 0 Å². The zero-order valence-corrected chi connectivity index (χ0v) is 12.4. The lowest BCUT2D eigenvalue weighted by Crippen LogP contribution is -2.32. The Hall–Kier alpha value is -1.33. The lowest BCUT2D eigenvalue weighted by molar-refractivity contribution is 0.338. The van der Waals surface area contributed by atoms with Crippen LogP contribution in [-0.4, -0.2) is 21.8 Å². The number of rotatable bonds is 4. The van der Waals surface area contributed by atoms with E-state index >= 15 is 0 Å². The Labute approximate surface area is 122 Å². The lowest BCUT2D eigenvalue weighted by Gasteiger charge is -2.33. The Morgan fingerprint density at radius 1 is 1.45 bits per heavy atom. The molecule has 1 aromatic carbocycles. The fourth-order valence-electron chi connectivity index (χ4n) is 2.62. The molecule has 4 nitrogen and oxygen atoms in total. The van der Waals surface area contributed by atoms with E-state index in [0.29, 0.717) is 16.6 Å². The van der Waals surface area contributed by atoms with Gasteiger partial charge in [0, 0.05) is 5.25 Å². The first-order valence-corrected chi connectivity index (χ1v) is 8.02. The number of hydrogen-bond acceptors (Lipinski definition) is 4. The van der Waals surface area contributed by atoms with E-state index in [4.69, 9.17) is 5.73 Å². The first kappa shape index (κ1) is 13.6. The maximum absolute atomic E-state index is 12.1. The van der Waals surface area contributed by atoms with E-state index in [1.165, 1.54) is 12.8 Å². The van der Waals surface area contributed by atoms with Crippen LogP contribution in [-0.2, 0) is 5.75 Å². The van der Waals surface area contributed by atoms with Gasteiger partial charge in [-0.15, -0.1) is 0 Å². The molecule has 1 aliphatic carbocycles. The molecule has 1 aromatic heterocycles. The van der Waals surface area contributed by atoms with Crippen molar-refractivity contribution in [2.45, 2.75) is 30.8 Å². The van der Waals surface area contributed by atoms with Crippen LogP contribution in [0.2, 0.25) is 0 Å². The monoisotopic (exact) mass is 289 g/mol. The molecule has 0 saturated heterocycles. The first-order valence-electron chi connectivity index (χ1n) is 6.97. The maximum Gasteiger partial charge on any atom is 0.258 e. The summed E-state index contributed by atoms with van der Waals surface area (Å²) in [5.74, 6) is 2.23. The normalized spacial score (nSPS) is 21.9. The number of nitrogens with one attached hydrogen (secondary N) is 1. The van der Waals surface area contributed by atoms with E-state index < -0.39 is 0 Å². The highest BCUT2D eigenvalue weighted by atomic mass is 32.2. The molecule has 3 rings (SSSR count). The average molecular weight is 289 g/mol. The van der Waals surface area contributed by atoms with Crippen LogP contribution in [0.1, 0.15) is 24.2 Å². The summed E-state index contributed by atoms with van der Waals surface area (Å²) in [6, 6.07) is 5.71. The van der Waals surface area contributed by atoms with Crippen molar-refractivity contribution in [2.24, 2.45) is 11.7 Å². The Kier molecular flexibility index (Phi) is 3.81. The summed E-state index contributed by atoms with van der Waals surface area (Å²) in [6.45, 7) is 2.78. The van der Waals surface area contributed by atoms with E-state index in [1.807, 2.05) is 36.9 Å². The fraction of sp³-hybridized carbons (Fsp3) is 0.467. The minimum atomic E-state index is -0.0391. The van der Waals surface area contributed by atoms with Crippen LogP contribution >= 0.6 is 11.8 Å². The maximum atomic E-state index is 12.1. The number of aryl methyl sites for hydroxylation is 1. The number of benzene rings is 1. The highest BCUT2D eigenvalue weighted by molar-refractivity contribution is 7.99. The van der Waals surface area contributed by atoms with Crippen LogP contribution in [0.15, 0.2) is 23.0 Å². The largest absolute Gasteiger partial charge is 0.330 e. The number of nitrogens with two attached hydrogens (primary N) is 1. The van der Waals surface area contributed by atoms with E-state index in [2.05, 4.69) is 9.97 Å². The predicted molar refractivity (Wildman–Crippen MR) is 84.0 cm³/mol. The van der Waals surface area contributed by atoms with Crippen LogP contribution in [0, 0.1) is 12.8 Å². The zero-order valence-electron chi connectivity index (χ0n) is 11.6. The second-order valence-corrected chi connectivity index (χ2v) is 6.78. The van der Waals surface area contributed by atoms with Crippen LogP contribution in [0.5, 0.6) is 0 Å². The lowest BCUT2D eigenvalue weighted by atomic mass is 9.85. The Morgan fingerprint density at radius 2 is 2.25 bits per heavy atom. The molecule has 0 spiro atoms. The number of fused-ring (bicyclic) bond motifs is 1. The number of aromatic nitrogens is 2. The molecule has 2 aromatic rings. The molecule has 1 heterocycles. The van der Waals surface area contributed by atoms with Gasteiger partial charge in [-0.2, -0.15) is 11.8 Å². The summed E-state index contributed by atoms with van der Waals surface area (Å²) >= 11 is 1.87. The Morgan fingerprint density at radius 3 is 3.00 bits per heavy atom. The van der Waals surface area contributed by atoms with E-state index in [0.717, 1.165) is 29.2 Å². The first-order chi connectivity index (χ1) is 9.67. The summed E-state index contributed by atoms with van der Waals surface area (Å²) in [4.78, 5) is 19.6. The van der Waals surface area contributed by atoms with Gasteiger partial charge in [0.1, 0.15) is 5.82 Å². The summed E-state index contributed by atoms with van der Waals surface area (Å²) in [7, 11) is 0. The third-order valence-corrected chi connectivity index (χ3v) is 5.26. The molecule has 1 saturated carbocycles. The average Bonchev–Trinajstić information content (AvgIpc) is 2.38. The molecule has 106 valence electrons. The Balaban J connectivity index is 1.76. The number of thioether (sulfide) groups is 1. The number of para-hydroxylation sites is 1. The topological polar surface area (TPSA) is 71.8 Å². The summed E-state index contributed by atoms with van der Waals surface area (Å²) in [5.41, 5.74) is 7.46. The molecule has 0 amide bonds. The highest BCUT2D eigenvalue weighted by Gasteiger charge is 2.28. The van der Waals surface area contributed by atoms with Crippen molar-refractivity contribution in [3.63, 3.8) is 0 Å². The summed E-state index contributed by atoms with van der Waals surface area (Å²) in [5, 5.41) is 1.34. The molecule has 3 N–H and O–H groups in total. The zero-order chi connectivity index (χ0) is 14.1. The van der Waals surface area contributed by atoms with Crippen molar-refractivity contribution < 1.29 is 0 Å². The van der Waals surface area contributed by atoms with Crippen LogP contribution < -0.4 is 11.3 Å². The van der Waals surface area contributed by atoms with Crippen molar-refractivity contribution in [1.82, 2.24) is 9.97 Å². The van der Waals surface area contributed by atoms with Crippen molar-refractivity contribution in [3.05, 3.63) is 39.9 Å². The minimum absolute atomic E-state index is 0.0391. The van der Waals surface area contributed by atoms with Gasteiger partial charge in [0.05, 0.1) is 16.7 Å². The molecular formula is C15H19N3OS. The number of H-pyrrole nitrogens is 1. The minimum Gasteiger partial charge on any atom is -0.330 e. The summed E-state index contributed by atoms with van der Waals surface area (Å²) in [6.07, 6.45) is 2.38. The number of nitrogens with zero attached hydrogens (tertiary/aromatic N) is 1. The van der Waals surface area contributed by atoms with Crippen molar-refractivity contribution >= 4 is 22.7 Å². The molecule has 0 atom stereocenters. The predicted octanol–water partition coefficient (Wildman–Crippen LogP) is 2.20. The molecular weight excluding hydrogens is 270 g/mol. The van der Waals surface area contributed by atoms with Crippen LogP contribution in [0.25, 0.3) is 10.9 Å². The standard InChI is InChI=1S/C15H19N3OS/c1-9-3-2-4-12-14(9)17-13(18-15(12)19)8-20-11-5-10(6-11)7-16/h2-4,10-11H,5-8,16H2,1H3,(H,17,18,19). The van der Waals surface area contributed by atoms with Gasteiger partial charge in [-0.25, -0.2) is 4.98 Å². The molecule has 1 fully saturated rings. The van der Waals surface area contributed by atoms with Crippen molar-refractivity contribution in [1.29, 1.82) is 0 Å². The third kappa shape index (κ3) is 2.60.